The maximum atomic E-state index is 12.5. The molecule has 11 heteroatoms. The van der Waals surface area contributed by atoms with E-state index >= 15 is 0 Å². The van der Waals surface area contributed by atoms with Gasteiger partial charge in [0.05, 0.1) is 36.8 Å². The number of carbonyl (C=O) groups is 1. The lowest BCUT2D eigenvalue weighted by molar-refractivity contribution is -0.111. The highest BCUT2D eigenvalue weighted by atomic mass is 16.7. The van der Waals surface area contributed by atoms with Crippen molar-refractivity contribution in [3.8, 4) is 18.1 Å². The molecular formula is C35H42N8O3. The Morgan fingerprint density at radius 2 is 1.87 bits per heavy atom. The molecule has 2 N–H and O–H groups in total. The SMILES string of the molecule is C#Cc1cccc([C@H]2CCON2c2cc(Nc3cc(NC(=O)C=C)c(N4CCC(N5CCN(C)CC5)CC4)cc3OC)ncn2)c1. The number of benzene rings is 2. The molecule has 0 bridgehead atoms. The fraction of sp³-hybridized carbons (Fsp3) is 0.400. The quantitative estimate of drug-likeness (QED) is 0.264. The first-order valence-corrected chi connectivity index (χ1v) is 15.9. The molecule has 4 heterocycles. The number of nitrogens with one attached hydrogen (secondary N) is 2. The van der Waals surface area contributed by atoms with E-state index in [1.807, 2.05) is 47.5 Å². The van der Waals surface area contributed by atoms with Crippen molar-refractivity contribution in [2.45, 2.75) is 31.3 Å². The van der Waals surface area contributed by atoms with Gasteiger partial charge in [0.25, 0.3) is 0 Å². The Balaban J connectivity index is 1.22. The molecule has 0 radical (unpaired) electrons. The van der Waals surface area contributed by atoms with Crippen molar-refractivity contribution in [1.29, 1.82) is 0 Å². The molecule has 3 aromatic rings. The largest absolute Gasteiger partial charge is 0.494 e. The van der Waals surface area contributed by atoms with Crippen molar-refractivity contribution in [1.82, 2.24) is 19.8 Å². The van der Waals surface area contributed by atoms with Crippen molar-refractivity contribution in [2.24, 2.45) is 0 Å². The molecule has 0 spiro atoms. The number of piperidine rings is 1. The fourth-order valence-electron chi connectivity index (χ4n) is 6.55. The zero-order chi connectivity index (χ0) is 32.0. The van der Waals surface area contributed by atoms with Crippen LogP contribution >= 0.6 is 0 Å². The van der Waals surface area contributed by atoms with E-state index in [4.69, 9.17) is 16.0 Å². The van der Waals surface area contributed by atoms with Crippen LogP contribution in [0, 0.1) is 12.3 Å². The fourth-order valence-corrected chi connectivity index (χ4v) is 6.55. The molecular weight excluding hydrogens is 580 g/mol. The first-order chi connectivity index (χ1) is 22.4. The molecule has 2 aromatic carbocycles. The van der Waals surface area contributed by atoms with E-state index in [0.717, 1.165) is 75.3 Å². The number of nitrogens with zero attached hydrogens (tertiary/aromatic N) is 6. The van der Waals surface area contributed by atoms with Crippen LogP contribution in [0.15, 0.2) is 61.4 Å². The summed E-state index contributed by atoms with van der Waals surface area (Å²) in [5, 5.41) is 8.21. The van der Waals surface area contributed by atoms with Crippen LogP contribution in [-0.2, 0) is 9.63 Å². The number of piperazine rings is 1. The highest BCUT2D eigenvalue weighted by Gasteiger charge is 2.30. The summed E-state index contributed by atoms with van der Waals surface area (Å²) in [5.41, 5.74) is 4.14. The average Bonchev–Trinajstić information content (AvgIpc) is 3.59. The molecule has 3 saturated heterocycles. The van der Waals surface area contributed by atoms with Gasteiger partial charge in [-0.1, -0.05) is 24.6 Å². The van der Waals surface area contributed by atoms with Crippen LogP contribution in [-0.4, -0.2) is 91.7 Å². The molecule has 3 aliphatic rings. The van der Waals surface area contributed by atoms with Gasteiger partial charge in [0.1, 0.15) is 17.9 Å². The Morgan fingerprint density at radius 1 is 1.07 bits per heavy atom. The minimum atomic E-state index is -0.278. The average molecular weight is 623 g/mol. The maximum Gasteiger partial charge on any atom is 0.247 e. The van der Waals surface area contributed by atoms with Crippen LogP contribution in [0.1, 0.15) is 36.4 Å². The predicted molar refractivity (Wildman–Crippen MR) is 182 cm³/mol. The summed E-state index contributed by atoms with van der Waals surface area (Å²) in [4.78, 5) is 34.9. The molecule has 11 nitrogen and oxygen atoms in total. The number of anilines is 5. The van der Waals surface area contributed by atoms with Gasteiger partial charge in [-0.25, -0.2) is 15.0 Å². The minimum Gasteiger partial charge on any atom is -0.494 e. The Bertz CT molecular complexity index is 1590. The number of methoxy groups -OCH3 is 1. The number of hydrogen-bond donors (Lipinski definition) is 2. The van der Waals surface area contributed by atoms with Crippen molar-refractivity contribution in [3.05, 3.63) is 72.6 Å². The maximum absolute atomic E-state index is 12.5. The Labute approximate surface area is 271 Å². The Kier molecular flexibility index (Phi) is 9.68. The van der Waals surface area contributed by atoms with Gasteiger partial charge in [0.2, 0.25) is 5.91 Å². The molecule has 3 fully saturated rings. The lowest BCUT2D eigenvalue weighted by Gasteiger charge is -2.43. The molecule has 6 rings (SSSR count). The first kappa shape index (κ1) is 31.4. The van der Waals surface area contributed by atoms with Gasteiger partial charge in [0, 0.05) is 69.4 Å². The van der Waals surface area contributed by atoms with Gasteiger partial charge in [0.15, 0.2) is 5.82 Å². The van der Waals surface area contributed by atoms with E-state index in [2.05, 4.69) is 54.8 Å². The predicted octanol–water partition coefficient (Wildman–Crippen LogP) is 4.43. The summed E-state index contributed by atoms with van der Waals surface area (Å²) in [5.74, 6) is 4.23. The van der Waals surface area contributed by atoms with Crippen LogP contribution in [0.4, 0.5) is 28.7 Å². The normalized spacial score (nSPS) is 19.5. The third kappa shape index (κ3) is 6.94. The minimum absolute atomic E-state index is 0.0361. The number of amides is 1. The van der Waals surface area contributed by atoms with E-state index in [9.17, 15) is 4.79 Å². The molecule has 0 aliphatic carbocycles. The molecule has 46 heavy (non-hydrogen) atoms. The Hall–Kier alpha value is -4.63. The number of ether oxygens (including phenoxy) is 1. The number of hydrogen-bond acceptors (Lipinski definition) is 10. The number of hydroxylamine groups is 1. The third-order valence-electron chi connectivity index (χ3n) is 9.10. The van der Waals surface area contributed by atoms with Gasteiger partial charge < -0.3 is 25.2 Å². The van der Waals surface area contributed by atoms with E-state index in [1.54, 1.807) is 7.11 Å². The summed E-state index contributed by atoms with van der Waals surface area (Å²) >= 11 is 0. The number of likely N-dealkylation sites (N-methyl/N-ethyl adjacent to an activating group) is 1. The Morgan fingerprint density at radius 3 is 2.61 bits per heavy atom. The zero-order valence-electron chi connectivity index (χ0n) is 26.6. The lowest BCUT2D eigenvalue weighted by atomic mass is 10.0. The topological polar surface area (TPSA) is 98.3 Å². The van der Waals surface area contributed by atoms with Crippen molar-refractivity contribution < 1.29 is 14.4 Å². The number of rotatable bonds is 9. The van der Waals surface area contributed by atoms with E-state index < -0.39 is 0 Å². The number of carbonyl (C=O) groups excluding carboxylic acids is 1. The second-order valence-corrected chi connectivity index (χ2v) is 11.9. The number of terminal acetylenes is 1. The molecule has 3 aliphatic heterocycles. The van der Waals surface area contributed by atoms with E-state index in [1.165, 1.54) is 12.4 Å². The second kappa shape index (κ2) is 14.2. The molecule has 1 amide bonds. The molecule has 0 unspecified atom stereocenters. The first-order valence-electron chi connectivity index (χ1n) is 15.9. The van der Waals surface area contributed by atoms with Crippen molar-refractivity contribution in [3.63, 3.8) is 0 Å². The van der Waals surface area contributed by atoms with Gasteiger partial charge in [-0.15, -0.1) is 6.42 Å². The van der Waals surface area contributed by atoms with E-state index in [0.29, 0.717) is 41.4 Å². The second-order valence-electron chi connectivity index (χ2n) is 11.9. The summed E-state index contributed by atoms with van der Waals surface area (Å²) in [6, 6.07) is 14.2. The van der Waals surface area contributed by atoms with Gasteiger partial charge in [-0.2, -0.15) is 0 Å². The highest BCUT2D eigenvalue weighted by molar-refractivity contribution is 6.02. The highest BCUT2D eigenvalue weighted by Crippen LogP contribution is 2.40. The van der Waals surface area contributed by atoms with Gasteiger partial charge >= 0.3 is 0 Å². The lowest BCUT2D eigenvalue weighted by Crippen LogP contribution is -2.52. The van der Waals surface area contributed by atoms with Crippen LogP contribution < -0.4 is 25.3 Å². The molecule has 1 aromatic heterocycles. The monoisotopic (exact) mass is 622 g/mol. The number of aromatic nitrogens is 2. The van der Waals surface area contributed by atoms with Crippen molar-refractivity contribution in [2.75, 3.05) is 80.6 Å². The van der Waals surface area contributed by atoms with Crippen LogP contribution in [0.2, 0.25) is 0 Å². The smallest absolute Gasteiger partial charge is 0.247 e. The molecule has 240 valence electrons. The summed E-state index contributed by atoms with van der Waals surface area (Å²) < 4.78 is 5.86. The van der Waals surface area contributed by atoms with Crippen molar-refractivity contribution >= 4 is 34.6 Å². The summed E-state index contributed by atoms with van der Waals surface area (Å²) in [6.45, 7) is 10.5. The zero-order valence-corrected chi connectivity index (χ0v) is 26.6. The van der Waals surface area contributed by atoms with Gasteiger partial charge in [-0.05, 0) is 49.7 Å². The van der Waals surface area contributed by atoms with E-state index in [-0.39, 0.29) is 11.9 Å². The van der Waals surface area contributed by atoms with Crippen LogP contribution in [0.25, 0.3) is 0 Å². The van der Waals surface area contributed by atoms with Gasteiger partial charge in [-0.3, -0.25) is 14.5 Å². The standard InChI is InChI=1S/C35H42N8O3/c1-5-25-8-7-9-26(20-25)30-12-19-46-43(30)34-23-33(36-24-37-34)38-29-21-28(39-35(44)6-2)31(22-32(29)45-4)42-13-10-27(11-14-42)41-17-15-40(3)16-18-41/h1,6-9,20-24,27,30H,2,10-19H2,3-4H3,(H,39,44)(H,36,37,38)/t30-/m1/s1. The summed E-state index contributed by atoms with van der Waals surface area (Å²) in [6.07, 6.45) is 11.4. The van der Waals surface area contributed by atoms with Crippen LogP contribution in [0.3, 0.4) is 0 Å². The van der Waals surface area contributed by atoms with Crippen LogP contribution in [0.5, 0.6) is 5.75 Å². The molecule has 1 atom stereocenters. The summed E-state index contributed by atoms with van der Waals surface area (Å²) in [7, 11) is 3.83. The molecule has 0 saturated carbocycles. The third-order valence-corrected chi connectivity index (χ3v) is 9.10.